The molecule has 0 unspecified atom stereocenters. The Morgan fingerprint density at radius 3 is 1.88 bits per heavy atom. The van der Waals surface area contributed by atoms with Gasteiger partial charge in [0, 0.05) is 37.9 Å². The van der Waals surface area contributed by atoms with Crippen molar-refractivity contribution in [3.63, 3.8) is 0 Å². The third-order valence-corrected chi connectivity index (χ3v) is 8.26. The molecule has 1 fully saturated rings. The predicted octanol–water partition coefficient (Wildman–Crippen LogP) is 8.10. The summed E-state index contributed by atoms with van der Waals surface area (Å²) in [6, 6.07) is 10.2. The fourth-order valence-electron chi connectivity index (χ4n) is 5.20. The molecular formula is C35H55ClN2O5. The van der Waals surface area contributed by atoms with Crippen molar-refractivity contribution in [2.45, 2.75) is 129 Å². The van der Waals surface area contributed by atoms with Gasteiger partial charge in [0.1, 0.15) is 30.5 Å². The van der Waals surface area contributed by atoms with E-state index in [1.807, 2.05) is 18.2 Å². The van der Waals surface area contributed by atoms with E-state index >= 15 is 0 Å². The highest BCUT2D eigenvalue weighted by Gasteiger charge is 2.48. The van der Waals surface area contributed by atoms with Gasteiger partial charge >= 0.3 is 0 Å². The zero-order valence-electron chi connectivity index (χ0n) is 27.2. The van der Waals surface area contributed by atoms with E-state index in [1.165, 1.54) is 0 Å². The summed E-state index contributed by atoms with van der Waals surface area (Å²) in [6.45, 7) is 13.9. The summed E-state index contributed by atoms with van der Waals surface area (Å²) in [4.78, 5) is 0. The molecule has 0 N–H and O–H groups in total. The number of benzene rings is 1. The molecule has 242 valence electrons. The van der Waals surface area contributed by atoms with Gasteiger partial charge in [0.15, 0.2) is 0 Å². The summed E-state index contributed by atoms with van der Waals surface area (Å²) in [5.74, 6) is 0. The van der Waals surface area contributed by atoms with Crippen molar-refractivity contribution >= 4 is 11.6 Å². The lowest BCUT2D eigenvalue weighted by molar-refractivity contribution is -0.268. The first kappa shape index (κ1) is 35.9. The molecule has 5 atom stereocenters. The second-order valence-corrected chi connectivity index (χ2v) is 11.9. The molecule has 0 saturated carbocycles. The Morgan fingerprint density at radius 2 is 1.28 bits per heavy atom. The highest BCUT2D eigenvalue weighted by atomic mass is 35.5. The van der Waals surface area contributed by atoms with Crippen LogP contribution in [0, 0.1) is 0 Å². The van der Waals surface area contributed by atoms with Crippen LogP contribution in [-0.2, 0) is 36.5 Å². The molecule has 3 rings (SSSR count). The number of nitrogens with zero attached hydrogens (tertiary/aromatic N) is 2. The average Bonchev–Trinajstić information content (AvgIpc) is 3.02. The number of halogens is 1. The van der Waals surface area contributed by atoms with Gasteiger partial charge in [-0.15, -0.1) is 0 Å². The molecule has 0 amide bonds. The van der Waals surface area contributed by atoms with E-state index in [0.717, 1.165) is 80.3 Å². The van der Waals surface area contributed by atoms with Crippen LogP contribution in [0.2, 0.25) is 5.02 Å². The maximum atomic E-state index is 6.93. The molecule has 0 bridgehead atoms. The van der Waals surface area contributed by atoms with Crippen molar-refractivity contribution in [1.29, 1.82) is 0 Å². The molecule has 1 aromatic heterocycles. The number of hydrogen-bond donors (Lipinski definition) is 0. The lowest BCUT2D eigenvalue weighted by Crippen LogP contribution is -2.58. The first-order valence-electron chi connectivity index (χ1n) is 16.7. The second kappa shape index (κ2) is 20.4. The summed E-state index contributed by atoms with van der Waals surface area (Å²) < 4.78 is 32.9. The quantitative estimate of drug-likeness (QED) is 0.131. The molecular weight excluding hydrogens is 564 g/mol. The van der Waals surface area contributed by atoms with E-state index in [-0.39, 0.29) is 30.5 Å². The molecule has 43 heavy (non-hydrogen) atoms. The predicted molar refractivity (Wildman–Crippen MR) is 173 cm³/mol. The van der Waals surface area contributed by atoms with Crippen LogP contribution < -0.4 is 0 Å². The summed E-state index contributed by atoms with van der Waals surface area (Å²) in [7, 11) is 0. The van der Waals surface area contributed by atoms with Crippen LogP contribution in [0.15, 0.2) is 30.3 Å². The number of ether oxygens (including phenoxy) is 5. The van der Waals surface area contributed by atoms with Gasteiger partial charge in [-0.05, 0) is 61.4 Å². The molecule has 1 aliphatic heterocycles. The Bertz CT molecular complexity index is 1020. The first-order chi connectivity index (χ1) is 21.1. The van der Waals surface area contributed by atoms with Crippen molar-refractivity contribution in [3.8, 4) is 0 Å². The number of unbranched alkanes of at least 4 members (excludes halogenated alkanes) is 4. The molecule has 1 aromatic carbocycles. The molecule has 7 nitrogen and oxygen atoms in total. The fourth-order valence-corrected chi connectivity index (χ4v) is 5.38. The molecule has 8 heteroatoms. The first-order valence-corrected chi connectivity index (χ1v) is 17.1. The van der Waals surface area contributed by atoms with Crippen LogP contribution in [0.3, 0.4) is 0 Å². The third-order valence-electron chi connectivity index (χ3n) is 7.89. The standard InChI is InChI=1S/C35H55ClN2O5/c1-6-11-19-39-25-31-33(40-20-12-7-2)35(42-22-14-9-4)34(41-21-13-8-3)32(43-31)26-15-18-30(36)27(23-26)24-29-17-16-28(10-5)37-38-29/h15-18,23,31-35H,6-14,19-22,24-25H2,1-5H3/t31-,32+,33-,34+,35+/m1/s1. The summed E-state index contributed by atoms with van der Waals surface area (Å²) in [5, 5.41) is 9.47. The molecule has 2 aromatic rings. The summed E-state index contributed by atoms with van der Waals surface area (Å²) in [5.41, 5.74) is 3.84. The molecule has 0 aliphatic carbocycles. The van der Waals surface area contributed by atoms with Gasteiger partial charge in [0.25, 0.3) is 0 Å². The van der Waals surface area contributed by atoms with Gasteiger partial charge in [-0.1, -0.05) is 84.0 Å². The van der Waals surface area contributed by atoms with Gasteiger partial charge in [-0.3, -0.25) is 0 Å². The minimum Gasteiger partial charge on any atom is -0.379 e. The molecule has 0 spiro atoms. The molecule has 2 heterocycles. The minimum absolute atomic E-state index is 0.285. The number of hydrogen-bond acceptors (Lipinski definition) is 7. The normalized spacial score (nSPS) is 22.2. The Hall–Kier alpha value is -1.61. The molecule has 1 saturated heterocycles. The van der Waals surface area contributed by atoms with Gasteiger partial charge in [0.05, 0.1) is 18.0 Å². The Labute approximate surface area is 265 Å². The average molecular weight is 619 g/mol. The molecule has 0 radical (unpaired) electrons. The Morgan fingerprint density at radius 1 is 0.698 bits per heavy atom. The fraction of sp³-hybridized carbons (Fsp3) is 0.714. The lowest BCUT2D eigenvalue weighted by atomic mass is 9.89. The van der Waals surface area contributed by atoms with Crippen LogP contribution >= 0.6 is 11.6 Å². The molecule has 1 aliphatic rings. The van der Waals surface area contributed by atoms with Crippen LogP contribution in [0.1, 0.15) is 115 Å². The van der Waals surface area contributed by atoms with Crippen molar-refractivity contribution in [2.75, 3.05) is 33.0 Å². The largest absolute Gasteiger partial charge is 0.379 e. The number of rotatable bonds is 21. The zero-order chi connectivity index (χ0) is 30.9. The Balaban J connectivity index is 1.97. The minimum atomic E-state index is -0.362. The van der Waals surface area contributed by atoms with E-state index in [2.05, 4.69) is 56.9 Å². The van der Waals surface area contributed by atoms with Crippen LogP contribution in [0.4, 0.5) is 0 Å². The lowest BCUT2D eigenvalue weighted by Gasteiger charge is -2.46. The van der Waals surface area contributed by atoms with Crippen molar-refractivity contribution in [3.05, 3.63) is 57.9 Å². The van der Waals surface area contributed by atoms with Crippen molar-refractivity contribution < 1.29 is 23.7 Å². The van der Waals surface area contributed by atoms with Crippen LogP contribution in [0.25, 0.3) is 0 Å². The summed E-state index contributed by atoms with van der Waals surface area (Å²) >= 11 is 6.73. The third kappa shape index (κ3) is 11.4. The topological polar surface area (TPSA) is 71.9 Å². The monoisotopic (exact) mass is 618 g/mol. The second-order valence-electron chi connectivity index (χ2n) is 11.5. The smallest absolute Gasteiger partial charge is 0.117 e. The van der Waals surface area contributed by atoms with E-state index < -0.39 is 0 Å². The Kier molecular flexibility index (Phi) is 17.0. The maximum Gasteiger partial charge on any atom is 0.117 e. The SMILES string of the molecule is CCCCOC[C@H]1O[C@@H](c2ccc(Cl)c(Cc3ccc(CC)nn3)c2)[C@H](OCCCC)[C@@H](OCCCC)[C@@H]1OCCCC. The highest BCUT2D eigenvalue weighted by Crippen LogP contribution is 2.39. The van der Waals surface area contributed by atoms with Gasteiger partial charge in [-0.2, -0.15) is 10.2 Å². The highest BCUT2D eigenvalue weighted by molar-refractivity contribution is 6.31. The zero-order valence-corrected chi connectivity index (χ0v) is 27.9. The van der Waals surface area contributed by atoms with Crippen molar-refractivity contribution in [1.82, 2.24) is 10.2 Å². The van der Waals surface area contributed by atoms with E-state index in [9.17, 15) is 0 Å². The van der Waals surface area contributed by atoms with Crippen LogP contribution in [-0.4, -0.2) is 67.6 Å². The van der Waals surface area contributed by atoms with Crippen LogP contribution in [0.5, 0.6) is 0 Å². The number of aromatic nitrogens is 2. The van der Waals surface area contributed by atoms with E-state index in [0.29, 0.717) is 44.5 Å². The summed E-state index contributed by atoms with van der Waals surface area (Å²) in [6.07, 6.45) is 8.07. The maximum absolute atomic E-state index is 6.93. The van der Waals surface area contributed by atoms with E-state index in [1.54, 1.807) is 0 Å². The van der Waals surface area contributed by atoms with E-state index in [4.69, 9.17) is 35.3 Å². The van der Waals surface area contributed by atoms with Crippen molar-refractivity contribution in [2.24, 2.45) is 0 Å². The van der Waals surface area contributed by atoms with Gasteiger partial charge in [-0.25, -0.2) is 0 Å². The number of aryl methyl sites for hydroxylation is 1. The van der Waals surface area contributed by atoms with Gasteiger partial charge < -0.3 is 23.7 Å². The van der Waals surface area contributed by atoms with Gasteiger partial charge in [0.2, 0.25) is 0 Å².